The minimum Gasteiger partial charge on any atom is -0.372 e. The lowest BCUT2D eigenvalue weighted by atomic mass is 10.0. The molecule has 0 saturated carbocycles. The van der Waals surface area contributed by atoms with Gasteiger partial charge >= 0.3 is 12.4 Å². The third-order valence-corrected chi connectivity index (χ3v) is 2.34. The molecular formula is C8H15ClF6N4O4. The Balaban J connectivity index is -0.000000333. The van der Waals surface area contributed by atoms with Crippen LogP contribution in [0.5, 0.6) is 0 Å². The molecule has 10 N–H and O–H groups in total. The van der Waals surface area contributed by atoms with E-state index in [4.69, 9.17) is 10.2 Å². The van der Waals surface area contributed by atoms with E-state index in [0.717, 1.165) is 0 Å². The van der Waals surface area contributed by atoms with Crippen LogP contribution in [0.1, 0.15) is 0 Å². The minimum absolute atomic E-state index is 0. The Bertz CT molecular complexity index is 382. The predicted octanol–water partition coefficient (Wildman–Crippen LogP) is -2.13. The number of hydrogen-bond donors (Lipinski definition) is 6. The molecule has 15 heteroatoms. The molecule has 2 amide bonds. The van der Waals surface area contributed by atoms with Crippen molar-refractivity contribution in [2.75, 3.05) is 13.1 Å². The standard InChI is InChI=1S/2C4H7F3N2O2.ClH/c2*5-4(6,7)3(11,1-8)2(9)10;/h2*11H,1,8H2,(H2,9,10);1H/t2*3-;/m11./s1. The quantitative estimate of drug-likeness (QED) is 0.303. The largest absolute Gasteiger partial charge is 0.427 e. The summed E-state index contributed by atoms with van der Waals surface area (Å²) in [6.45, 7) is -2.54. The number of rotatable bonds is 4. The third-order valence-electron chi connectivity index (χ3n) is 2.34. The van der Waals surface area contributed by atoms with Crippen LogP contribution in [-0.2, 0) is 9.59 Å². The van der Waals surface area contributed by atoms with Gasteiger partial charge in [-0.15, -0.1) is 12.4 Å². The van der Waals surface area contributed by atoms with Crippen LogP contribution >= 0.6 is 12.4 Å². The lowest BCUT2D eigenvalue weighted by Gasteiger charge is -2.24. The molecule has 0 aliphatic rings. The van der Waals surface area contributed by atoms with Crippen LogP contribution in [0.2, 0.25) is 0 Å². The normalized spacial score (nSPS) is 16.8. The van der Waals surface area contributed by atoms with Crippen LogP contribution in [0.4, 0.5) is 26.3 Å². The first kappa shape index (κ1) is 26.5. The molecule has 0 heterocycles. The first-order valence-electron chi connectivity index (χ1n) is 5.09. The minimum atomic E-state index is -5.12. The van der Waals surface area contributed by atoms with Crippen molar-refractivity contribution in [2.45, 2.75) is 23.6 Å². The van der Waals surface area contributed by atoms with Gasteiger partial charge in [-0.05, 0) is 0 Å². The number of nitrogens with two attached hydrogens (primary N) is 4. The fourth-order valence-corrected chi connectivity index (χ4v) is 0.712. The SMILES string of the molecule is Cl.NC[C@@](O)(C(N)=O)C(F)(F)F.NC[C@@](O)(C(N)=O)C(F)(F)F. The van der Waals surface area contributed by atoms with Gasteiger partial charge in [-0.25, -0.2) is 0 Å². The van der Waals surface area contributed by atoms with Gasteiger partial charge in [-0.2, -0.15) is 26.3 Å². The predicted molar refractivity (Wildman–Crippen MR) is 65.8 cm³/mol. The Morgan fingerprint density at radius 1 is 0.739 bits per heavy atom. The highest BCUT2D eigenvalue weighted by molar-refractivity contribution is 5.85. The third kappa shape index (κ3) is 5.98. The summed E-state index contributed by atoms with van der Waals surface area (Å²) in [7, 11) is 0. The lowest BCUT2D eigenvalue weighted by molar-refractivity contribution is -0.246. The number of amides is 2. The van der Waals surface area contributed by atoms with Crippen LogP contribution < -0.4 is 22.9 Å². The maximum Gasteiger partial charge on any atom is 0.427 e. The van der Waals surface area contributed by atoms with Crippen molar-refractivity contribution < 1.29 is 46.1 Å². The molecule has 0 unspecified atom stereocenters. The van der Waals surface area contributed by atoms with E-state index in [0.29, 0.717) is 0 Å². The smallest absolute Gasteiger partial charge is 0.372 e. The number of hydrogen-bond acceptors (Lipinski definition) is 6. The van der Waals surface area contributed by atoms with Gasteiger partial charge in [-0.1, -0.05) is 0 Å². The molecule has 0 aromatic rings. The Labute approximate surface area is 131 Å². The summed E-state index contributed by atoms with van der Waals surface area (Å²) < 4.78 is 70.3. The average Bonchev–Trinajstić information content (AvgIpc) is 2.34. The number of primary amides is 2. The molecule has 0 aromatic heterocycles. The molecule has 0 radical (unpaired) electrons. The second-order valence-electron chi connectivity index (χ2n) is 3.85. The van der Waals surface area contributed by atoms with Crippen LogP contribution in [0, 0.1) is 0 Å². The van der Waals surface area contributed by atoms with Gasteiger partial charge in [0.2, 0.25) is 0 Å². The summed E-state index contributed by atoms with van der Waals surface area (Å²) in [4.78, 5) is 20.1. The zero-order chi connectivity index (χ0) is 18.6. The molecule has 0 spiro atoms. The molecule has 8 nitrogen and oxygen atoms in total. The van der Waals surface area contributed by atoms with Gasteiger partial charge < -0.3 is 33.1 Å². The summed E-state index contributed by atoms with van der Waals surface area (Å²) in [5.74, 6) is -3.79. The Hall–Kier alpha value is -1.35. The van der Waals surface area contributed by atoms with Gasteiger partial charge in [0, 0.05) is 13.1 Å². The Morgan fingerprint density at radius 3 is 0.913 bits per heavy atom. The molecule has 0 bridgehead atoms. The Kier molecular flexibility index (Phi) is 9.79. The summed E-state index contributed by atoms with van der Waals surface area (Å²) in [5, 5.41) is 17.0. The van der Waals surface area contributed by atoms with E-state index < -0.39 is 48.5 Å². The molecule has 23 heavy (non-hydrogen) atoms. The van der Waals surface area contributed by atoms with Crippen molar-refractivity contribution in [3.63, 3.8) is 0 Å². The molecule has 0 rings (SSSR count). The number of carbonyl (C=O) groups excluding carboxylic acids is 2. The van der Waals surface area contributed by atoms with Crippen molar-refractivity contribution in [3.05, 3.63) is 0 Å². The molecular weight excluding hydrogens is 366 g/mol. The van der Waals surface area contributed by atoms with Gasteiger partial charge in [0.15, 0.2) is 0 Å². The molecule has 0 aliphatic heterocycles. The van der Waals surface area contributed by atoms with E-state index in [9.17, 15) is 35.9 Å². The number of carbonyl (C=O) groups is 2. The maximum atomic E-state index is 11.7. The van der Waals surface area contributed by atoms with Crippen LogP contribution in [0.3, 0.4) is 0 Å². The van der Waals surface area contributed by atoms with Crippen molar-refractivity contribution >= 4 is 24.2 Å². The summed E-state index contributed by atoms with van der Waals surface area (Å²) >= 11 is 0. The monoisotopic (exact) mass is 380 g/mol. The van der Waals surface area contributed by atoms with Crippen molar-refractivity contribution in [1.82, 2.24) is 0 Å². The highest BCUT2D eigenvalue weighted by atomic mass is 35.5. The zero-order valence-electron chi connectivity index (χ0n) is 11.1. The maximum absolute atomic E-state index is 11.7. The zero-order valence-corrected chi connectivity index (χ0v) is 11.9. The second kappa shape index (κ2) is 8.49. The topological polar surface area (TPSA) is 179 Å². The van der Waals surface area contributed by atoms with E-state index >= 15 is 0 Å². The van der Waals surface area contributed by atoms with Crippen LogP contribution in [0.15, 0.2) is 0 Å². The van der Waals surface area contributed by atoms with Gasteiger partial charge in [-0.3, -0.25) is 9.59 Å². The highest BCUT2D eigenvalue weighted by Crippen LogP contribution is 2.29. The van der Waals surface area contributed by atoms with Crippen molar-refractivity contribution in [2.24, 2.45) is 22.9 Å². The van der Waals surface area contributed by atoms with Gasteiger partial charge in [0.25, 0.3) is 23.0 Å². The van der Waals surface area contributed by atoms with Crippen LogP contribution in [-0.4, -0.2) is 58.7 Å². The molecule has 140 valence electrons. The number of halogens is 7. The lowest BCUT2D eigenvalue weighted by Crippen LogP contribution is -2.60. The molecule has 0 aromatic carbocycles. The first-order chi connectivity index (χ1) is 9.51. The Morgan fingerprint density at radius 2 is 0.913 bits per heavy atom. The fourth-order valence-electron chi connectivity index (χ4n) is 0.712. The van der Waals surface area contributed by atoms with Gasteiger partial charge in [0.1, 0.15) is 0 Å². The molecule has 0 fully saturated rings. The summed E-state index contributed by atoms with van der Waals surface area (Å²) in [6, 6.07) is 0. The molecule has 0 saturated heterocycles. The average molecular weight is 381 g/mol. The fraction of sp³-hybridized carbons (Fsp3) is 0.750. The van der Waals surface area contributed by atoms with E-state index in [1.807, 2.05) is 0 Å². The second-order valence-corrected chi connectivity index (χ2v) is 3.85. The van der Waals surface area contributed by atoms with Gasteiger partial charge in [0.05, 0.1) is 0 Å². The summed E-state index contributed by atoms with van der Waals surface area (Å²) in [6.07, 6.45) is -10.2. The van der Waals surface area contributed by atoms with Crippen molar-refractivity contribution in [1.29, 1.82) is 0 Å². The number of alkyl halides is 6. The van der Waals surface area contributed by atoms with E-state index in [2.05, 4.69) is 22.9 Å². The first-order valence-corrected chi connectivity index (χ1v) is 5.09. The summed E-state index contributed by atoms with van der Waals surface area (Å²) in [5.41, 5.74) is 10.4. The molecule has 2 atom stereocenters. The highest BCUT2D eigenvalue weighted by Gasteiger charge is 2.58. The van der Waals surface area contributed by atoms with Crippen molar-refractivity contribution in [3.8, 4) is 0 Å². The molecule has 0 aliphatic carbocycles. The number of aliphatic hydroxyl groups is 2. The van der Waals surface area contributed by atoms with E-state index in [1.165, 1.54) is 0 Å². The van der Waals surface area contributed by atoms with Crippen LogP contribution in [0.25, 0.3) is 0 Å². The van der Waals surface area contributed by atoms with E-state index in [1.54, 1.807) is 0 Å². The van der Waals surface area contributed by atoms with E-state index in [-0.39, 0.29) is 12.4 Å².